The molecule has 4 heterocycles. The predicted octanol–water partition coefficient (Wildman–Crippen LogP) is 3.99. The molecule has 170 valence electrons. The number of hydrogen-bond donors (Lipinski definition) is 1. The average molecular weight is 473 g/mol. The Hall–Kier alpha value is -2.23. The molecule has 1 N–H and O–H groups in total. The average Bonchev–Trinajstić information content (AvgIpc) is 3.39. The molecule has 0 saturated carbocycles. The van der Waals surface area contributed by atoms with Gasteiger partial charge in [-0.05, 0) is 43.9 Å². The summed E-state index contributed by atoms with van der Waals surface area (Å²) in [5.41, 5.74) is 1.64. The molecule has 32 heavy (non-hydrogen) atoms. The number of amides is 1. The number of rotatable bonds is 8. The summed E-state index contributed by atoms with van der Waals surface area (Å²) in [7, 11) is 0. The maximum atomic E-state index is 13.4. The fourth-order valence-corrected chi connectivity index (χ4v) is 5.23. The molecular formula is C23H28N4O3S2. The van der Waals surface area contributed by atoms with Crippen molar-refractivity contribution in [2.24, 2.45) is 0 Å². The molecule has 4 rings (SSSR count). The van der Waals surface area contributed by atoms with E-state index in [4.69, 9.17) is 21.9 Å². The number of thioether (sulfide) groups is 1. The first kappa shape index (κ1) is 22.9. The number of unbranched alkanes of at least 4 members (excludes halogenated alkanes) is 2. The number of thiocarbonyl (C=S) groups is 1. The van der Waals surface area contributed by atoms with E-state index in [1.165, 1.54) is 16.2 Å². The third-order valence-corrected chi connectivity index (χ3v) is 7.12. The van der Waals surface area contributed by atoms with Gasteiger partial charge in [0.2, 0.25) is 0 Å². The van der Waals surface area contributed by atoms with Gasteiger partial charge in [-0.15, -0.1) is 0 Å². The largest absolute Gasteiger partial charge is 0.376 e. The monoisotopic (exact) mass is 472 g/mol. The van der Waals surface area contributed by atoms with Crippen LogP contribution in [-0.4, -0.2) is 50.3 Å². The van der Waals surface area contributed by atoms with Crippen LogP contribution >= 0.6 is 24.0 Å². The summed E-state index contributed by atoms with van der Waals surface area (Å²) in [6.07, 6.45) is 8.47. The van der Waals surface area contributed by atoms with Crippen molar-refractivity contribution in [3.63, 3.8) is 0 Å². The van der Waals surface area contributed by atoms with Crippen molar-refractivity contribution in [3.05, 3.63) is 44.7 Å². The summed E-state index contributed by atoms with van der Waals surface area (Å²) >= 11 is 6.68. The molecule has 0 aromatic carbocycles. The zero-order valence-corrected chi connectivity index (χ0v) is 20.1. The Morgan fingerprint density at radius 2 is 2.22 bits per heavy atom. The Morgan fingerprint density at radius 3 is 2.97 bits per heavy atom. The van der Waals surface area contributed by atoms with Crippen molar-refractivity contribution in [3.8, 4) is 0 Å². The normalized spacial score (nSPS) is 20.1. The fraction of sp³-hybridized carbons (Fsp3) is 0.478. The van der Waals surface area contributed by atoms with Crippen molar-refractivity contribution in [2.75, 3.05) is 25.0 Å². The number of anilines is 1. The maximum absolute atomic E-state index is 13.4. The third-order valence-electron chi connectivity index (χ3n) is 5.74. The highest BCUT2D eigenvalue weighted by molar-refractivity contribution is 8.26. The highest BCUT2D eigenvalue weighted by atomic mass is 32.2. The van der Waals surface area contributed by atoms with Crippen LogP contribution in [0.2, 0.25) is 0 Å². The molecule has 2 fully saturated rings. The van der Waals surface area contributed by atoms with E-state index in [1.807, 2.05) is 19.1 Å². The zero-order chi connectivity index (χ0) is 22.7. The number of hydrogen-bond acceptors (Lipinski definition) is 7. The van der Waals surface area contributed by atoms with Gasteiger partial charge in [0.25, 0.3) is 11.5 Å². The van der Waals surface area contributed by atoms with Crippen molar-refractivity contribution < 1.29 is 9.53 Å². The van der Waals surface area contributed by atoms with Gasteiger partial charge in [0.1, 0.15) is 15.8 Å². The number of carbonyl (C=O) groups excluding carboxylic acids is 1. The Kier molecular flexibility index (Phi) is 7.27. The molecule has 2 aromatic rings. The van der Waals surface area contributed by atoms with Crippen molar-refractivity contribution in [1.82, 2.24) is 14.3 Å². The molecule has 2 aromatic heterocycles. The number of carbonyl (C=O) groups is 1. The van der Waals surface area contributed by atoms with Crippen LogP contribution < -0.4 is 10.9 Å². The molecule has 1 amide bonds. The Bertz CT molecular complexity index is 1120. The van der Waals surface area contributed by atoms with E-state index in [0.717, 1.165) is 44.3 Å². The van der Waals surface area contributed by atoms with Crippen LogP contribution in [0.5, 0.6) is 0 Å². The Morgan fingerprint density at radius 1 is 1.38 bits per heavy atom. The summed E-state index contributed by atoms with van der Waals surface area (Å²) in [4.78, 5) is 33.2. The van der Waals surface area contributed by atoms with Crippen LogP contribution in [0.15, 0.2) is 28.0 Å². The minimum atomic E-state index is -0.218. The highest BCUT2D eigenvalue weighted by Crippen LogP contribution is 2.33. The third kappa shape index (κ3) is 4.74. The molecule has 0 radical (unpaired) electrons. The first-order chi connectivity index (χ1) is 15.5. The lowest BCUT2D eigenvalue weighted by molar-refractivity contribution is -0.122. The molecular weight excluding hydrogens is 444 g/mol. The van der Waals surface area contributed by atoms with Crippen molar-refractivity contribution in [2.45, 2.75) is 52.1 Å². The summed E-state index contributed by atoms with van der Waals surface area (Å²) in [6, 6.07) is 3.74. The van der Waals surface area contributed by atoms with Crippen LogP contribution in [-0.2, 0) is 9.53 Å². The van der Waals surface area contributed by atoms with Gasteiger partial charge in [0.15, 0.2) is 0 Å². The van der Waals surface area contributed by atoms with Gasteiger partial charge in [-0.2, -0.15) is 0 Å². The second-order valence-electron chi connectivity index (χ2n) is 8.12. The van der Waals surface area contributed by atoms with E-state index < -0.39 is 0 Å². The van der Waals surface area contributed by atoms with Crippen LogP contribution in [0.1, 0.15) is 50.2 Å². The summed E-state index contributed by atoms with van der Waals surface area (Å²) in [6.45, 7) is 5.97. The molecule has 9 heteroatoms. The quantitative estimate of drug-likeness (QED) is 0.354. The van der Waals surface area contributed by atoms with Gasteiger partial charge in [0, 0.05) is 25.9 Å². The lowest BCUT2D eigenvalue weighted by atomic mass is 10.2. The molecule has 2 aliphatic rings. The first-order valence-corrected chi connectivity index (χ1v) is 12.3. The first-order valence-electron chi connectivity index (χ1n) is 11.1. The summed E-state index contributed by atoms with van der Waals surface area (Å²) < 4.78 is 7.78. The zero-order valence-electron chi connectivity index (χ0n) is 18.4. The predicted molar refractivity (Wildman–Crippen MR) is 133 cm³/mol. The molecule has 0 aliphatic carbocycles. The number of fused-ring (bicyclic) bond motifs is 1. The van der Waals surface area contributed by atoms with Gasteiger partial charge in [-0.25, -0.2) is 4.98 Å². The number of ether oxygens (including phenoxy) is 1. The Labute approximate surface area is 197 Å². The van der Waals surface area contributed by atoms with Gasteiger partial charge >= 0.3 is 0 Å². The number of aryl methyl sites for hydroxylation is 1. The molecule has 0 bridgehead atoms. The minimum Gasteiger partial charge on any atom is -0.376 e. The van der Waals surface area contributed by atoms with Crippen LogP contribution in [0, 0.1) is 6.92 Å². The molecule has 1 atom stereocenters. The van der Waals surface area contributed by atoms with E-state index in [0.29, 0.717) is 39.3 Å². The molecule has 1 unspecified atom stereocenters. The fourth-order valence-electron chi connectivity index (χ4n) is 3.94. The highest BCUT2D eigenvalue weighted by Gasteiger charge is 2.32. The van der Waals surface area contributed by atoms with Crippen molar-refractivity contribution in [1.29, 1.82) is 0 Å². The van der Waals surface area contributed by atoms with Gasteiger partial charge in [-0.1, -0.05) is 49.8 Å². The lowest BCUT2D eigenvalue weighted by Gasteiger charge is -2.15. The smallest absolute Gasteiger partial charge is 0.267 e. The second kappa shape index (κ2) is 10.1. The maximum Gasteiger partial charge on any atom is 0.267 e. The van der Waals surface area contributed by atoms with E-state index >= 15 is 0 Å². The van der Waals surface area contributed by atoms with Crippen LogP contribution in [0.3, 0.4) is 0 Å². The minimum absolute atomic E-state index is 0.0942. The van der Waals surface area contributed by atoms with Crippen LogP contribution in [0.4, 0.5) is 5.82 Å². The molecule has 2 aliphatic heterocycles. The molecule has 0 spiro atoms. The molecule has 7 nitrogen and oxygen atoms in total. The van der Waals surface area contributed by atoms with E-state index in [2.05, 4.69) is 12.2 Å². The number of pyridine rings is 1. The van der Waals surface area contributed by atoms with E-state index in [-0.39, 0.29) is 17.6 Å². The van der Waals surface area contributed by atoms with E-state index in [9.17, 15) is 9.59 Å². The Balaban J connectivity index is 1.70. The SMILES string of the molecule is CCCCCN1C(=O)C(=Cc2c(NCC3CCCO3)nc3c(C)cccn3c2=O)SC1=S. The van der Waals surface area contributed by atoms with Gasteiger partial charge < -0.3 is 10.1 Å². The summed E-state index contributed by atoms with van der Waals surface area (Å²) in [5, 5.41) is 3.31. The number of aromatic nitrogens is 2. The number of nitrogens with zero attached hydrogens (tertiary/aromatic N) is 3. The number of nitrogens with one attached hydrogen (secondary N) is 1. The molecule has 2 saturated heterocycles. The van der Waals surface area contributed by atoms with Gasteiger partial charge in [0.05, 0.1) is 16.6 Å². The topological polar surface area (TPSA) is 75.9 Å². The van der Waals surface area contributed by atoms with Crippen LogP contribution in [0.25, 0.3) is 11.7 Å². The summed E-state index contributed by atoms with van der Waals surface area (Å²) in [5.74, 6) is 0.325. The van der Waals surface area contributed by atoms with E-state index in [1.54, 1.807) is 17.2 Å². The second-order valence-corrected chi connectivity index (χ2v) is 9.80. The van der Waals surface area contributed by atoms with Crippen molar-refractivity contribution >= 4 is 51.7 Å². The lowest BCUT2D eigenvalue weighted by Crippen LogP contribution is -2.29. The van der Waals surface area contributed by atoms with Gasteiger partial charge in [-0.3, -0.25) is 18.9 Å². The standard InChI is InChI=1S/C23H28N4O3S2/c1-3-4-5-10-27-22(29)18(32-23(27)31)13-17-19(24-14-16-9-7-12-30-16)25-20-15(2)8-6-11-26(20)21(17)28/h6,8,11,13,16,24H,3-5,7,9-10,12,14H2,1-2H3.